The Morgan fingerprint density at radius 1 is 1.06 bits per heavy atom. The van der Waals surface area contributed by atoms with E-state index in [-0.39, 0.29) is 0 Å². The molecule has 1 N–H and O–H groups in total. The summed E-state index contributed by atoms with van der Waals surface area (Å²) in [6, 6.07) is 10.7. The van der Waals surface area contributed by atoms with Crippen LogP contribution >= 0.6 is 0 Å². The van der Waals surface area contributed by atoms with E-state index in [0.717, 1.165) is 6.54 Å². The Bertz CT molecular complexity index is 350. The molecule has 3 rings (SSSR count). The highest BCUT2D eigenvalue weighted by Crippen LogP contribution is 2.38. The molecule has 0 bridgehead atoms. The van der Waals surface area contributed by atoms with Crippen molar-refractivity contribution in [1.82, 2.24) is 10.2 Å². The first kappa shape index (κ1) is 11.2. The standard InChI is InChI=1S/C15H22N2/c1-2-6-14(7-3-1)12-16-13-15-8-4-10-17(15)11-5-9-15/h1-3,6-7,16H,4-5,8-13H2. The van der Waals surface area contributed by atoms with E-state index in [1.165, 1.54) is 50.9 Å². The smallest absolute Gasteiger partial charge is 0.0335 e. The molecule has 2 saturated heterocycles. The van der Waals surface area contributed by atoms with Gasteiger partial charge < -0.3 is 5.32 Å². The molecule has 1 aromatic rings. The molecule has 0 aromatic heterocycles. The summed E-state index contributed by atoms with van der Waals surface area (Å²) in [5.41, 5.74) is 1.90. The third-order valence-electron chi connectivity index (χ3n) is 4.44. The Morgan fingerprint density at radius 2 is 1.76 bits per heavy atom. The molecule has 2 nitrogen and oxygen atoms in total. The van der Waals surface area contributed by atoms with Crippen LogP contribution < -0.4 is 5.32 Å². The molecular weight excluding hydrogens is 208 g/mol. The van der Waals surface area contributed by atoms with E-state index in [1.807, 2.05) is 0 Å². The molecular formula is C15H22N2. The lowest BCUT2D eigenvalue weighted by Gasteiger charge is -2.32. The predicted molar refractivity (Wildman–Crippen MR) is 70.9 cm³/mol. The Kier molecular flexibility index (Phi) is 3.17. The Hall–Kier alpha value is -0.860. The van der Waals surface area contributed by atoms with Crippen molar-refractivity contribution >= 4 is 0 Å². The van der Waals surface area contributed by atoms with Gasteiger partial charge >= 0.3 is 0 Å². The molecule has 0 radical (unpaired) electrons. The number of rotatable bonds is 4. The number of hydrogen-bond acceptors (Lipinski definition) is 2. The highest BCUT2D eigenvalue weighted by atomic mass is 15.3. The average Bonchev–Trinajstić information content (AvgIpc) is 2.89. The van der Waals surface area contributed by atoms with Crippen LogP contribution in [0.5, 0.6) is 0 Å². The SMILES string of the molecule is c1ccc(CNCC23CCCN2CCC3)cc1. The van der Waals surface area contributed by atoms with Gasteiger partial charge in [-0.15, -0.1) is 0 Å². The quantitative estimate of drug-likeness (QED) is 0.854. The lowest BCUT2D eigenvalue weighted by atomic mass is 9.94. The average molecular weight is 230 g/mol. The number of fused-ring (bicyclic) bond motifs is 1. The second-order valence-electron chi connectivity index (χ2n) is 5.51. The van der Waals surface area contributed by atoms with E-state index in [0.29, 0.717) is 5.54 Å². The van der Waals surface area contributed by atoms with Crippen molar-refractivity contribution in [3.63, 3.8) is 0 Å². The van der Waals surface area contributed by atoms with Gasteiger partial charge in [0, 0.05) is 18.6 Å². The zero-order chi connectivity index (χ0) is 11.6. The molecule has 1 aromatic carbocycles. The summed E-state index contributed by atoms with van der Waals surface area (Å²) in [4.78, 5) is 2.71. The highest BCUT2D eigenvalue weighted by Gasteiger charge is 2.43. The zero-order valence-corrected chi connectivity index (χ0v) is 10.5. The van der Waals surface area contributed by atoms with Gasteiger partial charge in [-0.3, -0.25) is 4.90 Å². The van der Waals surface area contributed by atoms with Crippen LogP contribution in [0, 0.1) is 0 Å². The van der Waals surface area contributed by atoms with Crippen LogP contribution in [0.2, 0.25) is 0 Å². The summed E-state index contributed by atoms with van der Waals surface area (Å²) in [5.74, 6) is 0. The van der Waals surface area contributed by atoms with Crippen molar-refractivity contribution in [3.8, 4) is 0 Å². The number of nitrogens with zero attached hydrogens (tertiary/aromatic N) is 1. The fourth-order valence-electron chi connectivity index (χ4n) is 3.55. The first-order valence-corrected chi connectivity index (χ1v) is 6.89. The van der Waals surface area contributed by atoms with Crippen LogP contribution in [0.4, 0.5) is 0 Å². The van der Waals surface area contributed by atoms with Gasteiger partial charge in [-0.1, -0.05) is 30.3 Å². The van der Waals surface area contributed by atoms with Crippen molar-refractivity contribution in [2.45, 2.75) is 37.8 Å². The molecule has 2 heteroatoms. The number of hydrogen-bond donors (Lipinski definition) is 1. The van der Waals surface area contributed by atoms with Gasteiger partial charge in [-0.05, 0) is 44.3 Å². The number of benzene rings is 1. The molecule has 92 valence electrons. The largest absolute Gasteiger partial charge is 0.311 e. The molecule has 2 aliphatic heterocycles. The summed E-state index contributed by atoms with van der Waals surface area (Å²) in [7, 11) is 0. The fourth-order valence-corrected chi connectivity index (χ4v) is 3.55. The zero-order valence-electron chi connectivity index (χ0n) is 10.5. The molecule has 0 spiro atoms. The maximum atomic E-state index is 3.66. The normalized spacial score (nSPS) is 22.8. The van der Waals surface area contributed by atoms with Crippen LogP contribution in [0.25, 0.3) is 0 Å². The Morgan fingerprint density at radius 3 is 2.47 bits per heavy atom. The van der Waals surface area contributed by atoms with Crippen LogP contribution in [0.1, 0.15) is 31.2 Å². The summed E-state index contributed by atoms with van der Waals surface area (Å²) >= 11 is 0. The van der Waals surface area contributed by atoms with Crippen LogP contribution in [-0.2, 0) is 6.54 Å². The molecule has 0 amide bonds. The van der Waals surface area contributed by atoms with Crippen molar-refractivity contribution in [3.05, 3.63) is 35.9 Å². The molecule has 2 aliphatic rings. The van der Waals surface area contributed by atoms with E-state index >= 15 is 0 Å². The maximum absolute atomic E-state index is 3.66. The lowest BCUT2D eigenvalue weighted by molar-refractivity contribution is 0.189. The van der Waals surface area contributed by atoms with Gasteiger partial charge in [0.15, 0.2) is 0 Å². The van der Waals surface area contributed by atoms with Gasteiger partial charge in [0.1, 0.15) is 0 Å². The van der Waals surface area contributed by atoms with E-state index < -0.39 is 0 Å². The third-order valence-corrected chi connectivity index (χ3v) is 4.44. The van der Waals surface area contributed by atoms with Crippen molar-refractivity contribution < 1.29 is 0 Å². The van der Waals surface area contributed by atoms with Crippen LogP contribution in [0.3, 0.4) is 0 Å². The monoisotopic (exact) mass is 230 g/mol. The fraction of sp³-hybridized carbons (Fsp3) is 0.600. The summed E-state index contributed by atoms with van der Waals surface area (Å²) in [5, 5.41) is 3.66. The van der Waals surface area contributed by atoms with Crippen LogP contribution in [-0.4, -0.2) is 30.1 Å². The minimum atomic E-state index is 0.509. The molecule has 0 unspecified atom stereocenters. The second kappa shape index (κ2) is 4.79. The van der Waals surface area contributed by atoms with E-state index in [1.54, 1.807) is 0 Å². The Balaban J connectivity index is 1.54. The topological polar surface area (TPSA) is 15.3 Å². The van der Waals surface area contributed by atoms with Crippen molar-refractivity contribution in [2.75, 3.05) is 19.6 Å². The summed E-state index contributed by atoms with van der Waals surface area (Å²) in [6.45, 7) is 4.83. The maximum Gasteiger partial charge on any atom is 0.0335 e. The van der Waals surface area contributed by atoms with Gasteiger partial charge in [-0.25, -0.2) is 0 Å². The number of nitrogens with one attached hydrogen (secondary N) is 1. The second-order valence-corrected chi connectivity index (χ2v) is 5.51. The molecule has 17 heavy (non-hydrogen) atoms. The van der Waals surface area contributed by atoms with Crippen molar-refractivity contribution in [1.29, 1.82) is 0 Å². The minimum absolute atomic E-state index is 0.509. The molecule has 0 aliphatic carbocycles. The lowest BCUT2D eigenvalue weighted by Crippen LogP contribution is -2.46. The van der Waals surface area contributed by atoms with Gasteiger partial charge in [0.2, 0.25) is 0 Å². The van der Waals surface area contributed by atoms with Gasteiger partial charge in [0.25, 0.3) is 0 Å². The molecule has 2 heterocycles. The minimum Gasteiger partial charge on any atom is -0.311 e. The molecule has 0 saturated carbocycles. The van der Waals surface area contributed by atoms with Crippen molar-refractivity contribution in [2.24, 2.45) is 0 Å². The highest BCUT2D eigenvalue weighted by molar-refractivity contribution is 5.14. The van der Waals surface area contributed by atoms with Gasteiger partial charge in [-0.2, -0.15) is 0 Å². The van der Waals surface area contributed by atoms with E-state index in [2.05, 4.69) is 40.5 Å². The van der Waals surface area contributed by atoms with E-state index in [4.69, 9.17) is 0 Å². The molecule has 0 atom stereocenters. The van der Waals surface area contributed by atoms with Gasteiger partial charge in [0.05, 0.1) is 0 Å². The molecule has 2 fully saturated rings. The predicted octanol–water partition coefficient (Wildman–Crippen LogP) is 2.40. The summed E-state index contributed by atoms with van der Waals surface area (Å²) < 4.78 is 0. The first-order valence-electron chi connectivity index (χ1n) is 6.89. The third kappa shape index (κ3) is 2.24. The van der Waals surface area contributed by atoms with Crippen LogP contribution in [0.15, 0.2) is 30.3 Å². The van der Waals surface area contributed by atoms with E-state index in [9.17, 15) is 0 Å². The Labute approximate surface area is 104 Å². The first-order chi connectivity index (χ1) is 8.39. The summed E-state index contributed by atoms with van der Waals surface area (Å²) in [6.07, 6.45) is 5.59.